The predicted octanol–water partition coefficient (Wildman–Crippen LogP) is 5.40. The average Bonchev–Trinajstić information content (AvgIpc) is 3.19. The molecular formula is C21H13F2N3OS. The van der Waals surface area contributed by atoms with Crippen molar-refractivity contribution in [2.75, 3.05) is 5.32 Å². The minimum Gasteiger partial charge on any atom is -0.320 e. The normalized spacial score (nSPS) is 10.6. The first-order valence-electron chi connectivity index (χ1n) is 8.31. The summed E-state index contributed by atoms with van der Waals surface area (Å²) < 4.78 is 26.8. The lowest BCUT2D eigenvalue weighted by atomic mass is 10.1. The van der Waals surface area contributed by atoms with Gasteiger partial charge >= 0.3 is 0 Å². The summed E-state index contributed by atoms with van der Waals surface area (Å²) in [4.78, 5) is 21.5. The molecule has 3 heterocycles. The van der Waals surface area contributed by atoms with E-state index in [1.807, 2.05) is 23.6 Å². The number of rotatable bonds is 4. The van der Waals surface area contributed by atoms with Crippen molar-refractivity contribution in [2.24, 2.45) is 0 Å². The second-order valence-corrected chi connectivity index (χ2v) is 6.89. The minimum absolute atomic E-state index is 0.234. The first-order chi connectivity index (χ1) is 13.6. The number of carbonyl (C=O) groups excluding carboxylic acids is 1. The fourth-order valence-electron chi connectivity index (χ4n) is 2.69. The number of aromatic nitrogens is 2. The van der Waals surface area contributed by atoms with E-state index in [1.54, 1.807) is 36.0 Å². The van der Waals surface area contributed by atoms with Gasteiger partial charge in [0.2, 0.25) is 0 Å². The number of pyridine rings is 2. The summed E-state index contributed by atoms with van der Waals surface area (Å²) in [5, 5.41) is 4.62. The third-order valence-corrected chi connectivity index (χ3v) is 5.03. The lowest BCUT2D eigenvalue weighted by Gasteiger charge is -2.07. The van der Waals surface area contributed by atoms with Gasteiger partial charge in [-0.15, -0.1) is 11.3 Å². The van der Waals surface area contributed by atoms with Crippen molar-refractivity contribution in [2.45, 2.75) is 0 Å². The summed E-state index contributed by atoms with van der Waals surface area (Å²) in [5.41, 5.74) is 3.05. The van der Waals surface area contributed by atoms with E-state index >= 15 is 0 Å². The summed E-state index contributed by atoms with van der Waals surface area (Å²) in [7, 11) is 0. The lowest BCUT2D eigenvalue weighted by molar-refractivity contribution is 0.102. The van der Waals surface area contributed by atoms with Crippen molar-refractivity contribution in [1.82, 2.24) is 9.97 Å². The van der Waals surface area contributed by atoms with E-state index < -0.39 is 17.5 Å². The molecule has 0 spiro atoms. The van der Waals surface area contributed by atoms with Crippen LogP contribution in [0.2, 0.25) is 0 Å². The van der Waals surface area contributed by atoms with Crippen molar-refractivity contribution < 1.29 is 13.6 Å². The molecule has 3 aromatic heterocycles. The van der Waals surface area contributed by atoms with Crippen LogP contribution in [0.4, 0.5) is 14.5 Å². The maximum absolute atomic E-state index is 13.8. The standard InChI is InChI=1S/C21H13F2N3OS/c22-16-3-4-18(19(23)8-16)21(27)26-17-6-14(10-25-11-17)20-7-15(12-28-20)13-2-1-5-24-9-13/h1-12H,(H,26,27). The van der Waals surface area contributed by atoms with Crippen molar-refractivity contribution in [3.8, 4) is 21.6 Å². The van der Waals surface area contributed by atoms with E-state index in [2.05, 4.69) is 15.3 Å². The van der Waals surface area contributed by atoms with Crippen LogP contribution in [0.25, 0.3) is 21.6 Å². The smallest absolute Gasteiger partial charge is 0.258 e. The first kappa shape index (κ1) is 17.9. The average molecular weight is 393 g/mol. The van der Waals surface area contributed by atoms with Gasteiger partial charge in [0.1, 0.15) is 11.6 Å². The number of carbonyl (C=O) groups is 1. The van der Waals surface area contributed by atoms with Crippen LogP contribution < -0.4 is 5.32 Å². The van der Waals surface area contributed by atoms with Gasteiger partial charge in [-0.05, 0) is 41.3 Å². The van der Waals surface area contributed by atoms with Gasteiger partial charge in [-0.3, -0.25) is 14.8 Å². The molecule has 1 amide bonds. The number of nitrogens with zero attached hydrogens (tertiary/aromatic N) is 2. The number of halogens is 2. The van der Waals surface area contributed by atoms with E-state index in [1.165, 1.54) is 6.20 Å². The molecule has 4 rings (SSSR count). The topological polar surface area (TPSA) is 54.9 Å². The molecule has 1 aromatic carbocycles. The minimum atomic E-state index is -0.916. The summed E-state index contributed by atoms with van der Waals surface area (Å²) in [6.45, 7) is 0. The van der Waals surface area contributed by atoms with Crippen LogP contribution in [-0.2, 0) is 0 Å². The number of amides is 1. The van der Waals surface area contributed by atoms with Gasteiger partial charge in [-0.1, -0.05) is 6.07 Å². The molecular weight excluding hydrogens is 380 g/mol. The van der Waals surface area contributed by atoms with Crippen LogP contribution in [0, 0.1) is 11.6 Å². The fraction of sp³-hybridized carbons (Fsp3) is 0. The van der Waals surface area contributed by atoms with Crippen LogP contribution in [0.3, 0.4) is 0 Å². The highest BCUT2D eigenvalue weighted by molar-refractivity contribution is 7.14. The zero-order chi connectivity index (χ0) is 19.5. The highest BCUT2D eigenvalue weighted by Gasteiger charge is 2.13. The van der Waals surface area contributed by atoms with Gasteiger partial charge in [0.05, 0.1) is 17.4 Å². The molecule has 7 heteroatoms. The SMILES string of the molecule is O=C(Nc1cncc(-c2cc(-c3cccnc3)cs2)c1)c1ccc(F)cc1F. The highest BCUT2D eigenvalue weighted by Crippen LogP contribution is 2.33. The third-order valence-electron chi connectivity index (χ3n) is 4.05. The molecule has 138 valence electrons. The van der Waals surface area contributed by atoms with Gasteiger partial charge < -0.3 is 5.32 Å². The van der Waals surface area contributed by atoms with E-state index in [0.717, 1.165) is 33.7 Å². The molecule has 0 aliphatic heterocycles. The Morgan fingerprint density at radius 3 is 2.57 bits per heavy atom. The van der Waals surface area contributed by atoms with E-state index in [0.29, 0.717) is 11.8 Å². The van der Waals surface area contributed by atoms with Crippen molar-refractivity contribution in [3.63, 3.8) is 0 Å². The lowest BCUT2D eigenvalue weighted by Crippen LogP contribution is -2.14. The molecule has 0 saturated carbocycles. The second kappa shape index (κ2) is 7.66. The van der Waals surface area contributed by atoms with Crippen LogP contribution in [-0.4, -0.2) is 15.9 Å². The van der Waals surface area contributed by atoms with Crippen LogP contribution in [0.15, 0.2) is 72.6 Å². The zero-order valence-corrected chi connectivity index (χ0v) is 15.2. The number of benzene rings is 1. The Hall–Kier alpha value is -3.45. The Kier molecular flexibility index (Phi) is 4.90. The first-order valence-corrected chi connectivity index (χ1v) is 9.19. The molecule has 0 unspecified atom stereocenters. The monoisotopic (exact) mass is 393 g/mol. The van der Waals surface area contributed by atoms with Gasteiger partial charge in [-0.2, -0.15) is 0 Å². The van der Waals surface area contributed by atoms with E-state index in [4.69, 9.17) is 0 Å². The molecule has 28 heavy (non-hydrogen) atoms. The zero-order valence-electron chi connectivity index (χ0n) is 14.4. The number of nitrogens with one attached hydrogen (secondary N) is 1. The highest BCUT2D eigenvalue weighted by atomic mass is 32.1. The summed E-state index contributed by atoms with van der Waals surface area (Å²) in [5.74, 6) is -2.32. The Morgan fingerprint density at radius 1 is 0.929 bits per heavy atom. The fourth-order valence-corrected chi connectivity index (χ4v) is 3.59. The second-order valence-electron chi connectivity index (χ2n) is 5.98. The summed E-state index contributed by atoms with van der Waals surface area (Å²) >= 11 is 1.54. The molecule has 0 aliphatic carbocycles. The molecule has 0 fully saturated rings. The van der Waals surface area contributed by atoms with Gasteiger partial charge in [0, 0.05) is 40.7 Å². The Bertz CT molecular complexity index is 1150. The quantitative estimate of drug-likeness (QED) is 0.505. The maximum atomic E-state index is 13.8. The van der Waals surface area contributed by atoms with Crippen LogP contribution in [0.1, 0.15) is 10.4 Å². The largest absolute Gasteiger partial charge is 0.320 e. The Labute approximate surface area is 163 Å². The molecule has 4 aromatic rings. The van der Waals surface area contributed by atoms with Crippen LogP contribution in [0.5, 0.6) is 0 Å². The van der Waals surface area contributed by atoms with Crippen molar-refractivity contribution in [1.29, 1.82) is 0 Å². The summed E-state index contributed by atoms with van der Waals surface area (Å²) in [6.07, 6.45) is 6.67. The number of hydrogen-bond acceptors (Lipinski definition) is 4. The molecule has 0 bridgehead atoms. The molecule has 0 aliphatic rings. The van der Waals surface area contributed by atoms with Gasteiger partial charge in [-0.25, -0.2) is 8.78 Å². The van der Waals surface area contributed by atoms with E-state index in [-0.39, 0.29) is 5.56 Å². The number of anilines is 1. The molecule has 0 atom stereocenters. The van der Waals surface area contributed by atoms with Crippen molar-refractivity contribution in [3.05, 3.63) is 89.8 Å². The molecule has 4 nitrogen and oxygen atoms in total. The number of thiophene rings is 1. The molecule has 0 radical (unpaired) electrons. The van der Waals surface area contributed by atoms with Gasteiger partial charge in [0.25, 0.3) is 5.91 Å². The third kappa shape index (κ3) is 3.79. The van der Waals surface area contributed by atoms with Crippen LogP contribution >= 0.6 is 11.3 Å². The molecule has 0 saturated heterocycles. The predicted molar refractivity (Wildman–Crippen MR) is 105 cm³/mol. The summed E-state index contributed by atoms with van der Waals surface area (Å²) in [6, 6.07) is 10.4. The molecule has 1 N–H and O–H groups in total. The van der Waals surface area contributed by atoms with Gasteiger partial charge in [0.15, 0.2) is 0 Å². The Balaban J connectivity index is 1.57. The van der Waals surface area contributed by atoms with E-state index in [9.17, 15) is 13.6 Å². The number of hydrogen-bond donors (Lipinski definition) is 1. The maximum Gasteiger partial charge on any atom is 0.258 e. The van der Waals surface area contributed by atoms with Crippen molar-refractivity contribution >= 4 is 22.9 Å². The Morgan fingerprint density at radius 2 is 1.79 bits per heavy atom.